The summed E-state index contributed by atoms with van der Waals surface area (Å²) in [5.74, 6) is 0. The molecule has 2 aromatic rings. The molecule has 17 heavy (non-hydrogen) atoms. The molecule has 2 aromatic carbocycles. The van der Waals surface area contributed by atoms with E-state index < -0.39 is 0 Å². The van der Waals surface area contributed by atoms with Gasteiger partial charge in [-0.05, 0) is 11.1 Å². The number of hydrogen-bond donors (Lipinski definition) is 2. The van der Waals surface area contributed by atoms with Crippen LogP contribution in [0.3, 0.4) is 0 Å². The molecule has 0 atom stereocenters. The summed E-state index contributed by atoms with van der Waals surface area (Å²) in [7, 11) is 0. The monoisotopic (exact) mass is 311 g/mol. The Bertz CT molecular complexity index is 390. The fourth-order valence-electron chi connectivity index (χ4n) is 1.26. The van der Waals surface area contributed by atoms with Crippen LogP contribution in [-0.4, -0.2) is 4.32 Å². The first-order chi connectivity index (χ1) is 7.70. The maximum Gasteiger partial charge on any atom is 0.128 e. The second-order valence-corrected chi connectivity index (χ2v) is 4.29. The van der Waals surface area contributed by atoms with Crippen molar-refractivity contribution in [2.75, 3.05) is 0 Å². The van der Waals surface area contributed by atoms with Gasteiger partial charge in [-0.1, -0.05) is 72.9 Å². The Kier molecular flexibility index (Phi) is 8.96. The molecule has 0 spiro atoms. The van der Waals surface area contributed by atoms with E-state index in [1.165, 1.54) is 11.1 Å². The van der Waals surface area contributed by atoms with E-state index in [9.17, 15) is 0 Å². The Morgan fingerprint density at radius 1 is 0.824 bits per heavy atom. The standard InChI is InChI=1S/C12H10.CH3NS2.Zn/c1-3-7-11(8-4-1)12-9-5-2-6-10-12;2-1(3)4;/h1-10H;(H3,2,3,4);. The summed E-state index contributed by atoms with van der Waals surface area (Å²) in [6.07, 6.45) is 0. The Balaban J connectivity index is 0.000000453. The van der Waals surface area contributed by atoms with Gasteiger partial charge >= 0.3 is 0 Å². The Labute approximate surface area is 126 Å². The van der Waals surface area contributed by atoms with Gasteiger partial charge in [-0.25, -0.2) is 0 Å². The fraction of sp³-hybridized carbons (Fsp3) is 0. The van der Waals surface area contributed by atoms with E-state index in [-0.39, 0.29) is 23.8 Å². The molecule has 84 valence electrons. The first-order valence-electron chi connectivity index (χ1n) is 4.79. The fourth-order valence-corrected chi connectivity index (χ4v) is 1.26. The van der Waals surface area contributed by atoms with E-state index in [0.29, 0.717) is 0 Å². The minimum absolute atomic E-state index is 0. The first kappa shape index (κ1) is 16.3. The third-order valence-corrected chi connectivity index (χ3v) is 1.88. The average molecular weight is 313 g/mol. The molecule has 0 bridgehead atoms. The van der Waals surface area contributed by atoms with Crippen LogP contribution in [0.4, 0.5) is 0 Å². The molecule has 0 unspecified atom stereocenters. The minimum Gasteiger partial charge on any atom is -0.385 e. The summed E-state index contributed by atoms with van der Waals surface area (Å²) >= 11 is 7.65. The SMILES string of the molecule is NC(=S)S.[Zn].c1ccc(-c2ccccc2)cc1. The van der Waals surface area contributed by atoms with Gasteiger partial charge < -0.3 is 5.73 Å². The third kappa shape index (κ3) is 7.27. The third-order valence-electron chi connectivity index (χ3n) is 1.88. The van der Waals surface area contributed by atoms with Crippen LogP contribution in [0, 0.1) is 0 Å². The van der Waals surface area contributed by atoms with Crippen LogP contribution >= 0.6 is 24.8 Å². The summed E-state index contributed by atoms with van der Waals surface area (Å²) < 4.78 is 0.194. The van der Waals surface area contributed by atoms with Gasteiger partial charge in [0.15, 0.2) is 0 Å². The van der Waals surface area contributed by atoms with E-state index in [0.717, 1.165) is 0 Å². The second-order valence-electron chi connectivity index (χ2n) is 3.07. The smallest absolute Gasteiger partial charge is 0.128 e. The number of thiol groups is 1. The molecular weight excluding hydrogens is 300 g/mol. The van der Waals surface area contributed by atoms with E-state index in [1.807, 2.05) is 12.1 Å². The van der Waals surface area contributed by atoms with Crippen molar-refractivity contribution in [1.29, 1.82) is 0 Å². The minimum atomic E-state index is 0. The Hall–Kier alpha value is -0.697. The number of nitrogens with two attached hydrogens (primary N) is 1. The van der Waals surface area contributed by atoms with Crippen molar-refractivity contribution in [3.05, 3.63) is 60.7 Å². The van der Waals surface area contributed by atoms with Crippen LogP contribution in [0.25, 0.3) is 11.1 Å². The summed E-state index contributed by atoms with van der Waals surface area (Å²) in [4.78, 5) is 0. The van der Waals surface area contributed by atoms with Gasteiger partial charge in [-0.3, -0.25) is 0 Å². The van der Waals surface area contributed by atoms with Crippen molar-refractivity contribution in [3.63, 3.8) is 0 Å². The van der Waals surface area contributed by atoms with Crippen LogP contribution < -0.4 is 5.73 Å². The maximum atomic E-state index is 4.71. The molecule has 0 saturated carbocycles. The van der Waals surface area contributed by atoms with Crippen LogP contribution in [0.5, 0.6) is 0 Å². The normalized spacial score (nSPS) is 8.29. The molecule has 4 heteroatoms. The maximum absolute atomic E-state index is 4.71. The topological polar surface area (TPSA) is 26.0 Å². The van der Waals surface area contributed by atoms with Crippen LogP contribution in [0.2, 0.25) is 0 Å². The van der Waals surface area contributed by atoms with E-state index in [1.54, 1.807) is 0 Å². The number of rotatable bonds is 1. The number of thiocarbonyl (C=S) groups is 1. The molecule has 0 aliphatic rings. The molecule has 0 fully saturated rings. The molecule has 0 radical (unpaired) electrons. The summed E-state index contributed by atoms with van der Waals surface area (Å²) in [6.45, 7) is 0. The first-order valence-corrected chi connectivity index (χ1v) is 5.64. The predicted octanol–water partition coefficient (Wildman–Crippen LogP) is 3.51. The van der Waals surface area contributed by atoms with Gasteiger partial charge in [0, 0.05) is 19.5 Å². The van der Waals surface area contributed by atoms with Crippen molar-refractivity contribution >= 4 is 29.2 Å². The Morgan fingerprint density at radius 3 is 1.29 bits per heavy atom. The zero-order chi connectivity index (χ0) is 11.8. The molecule has 0 aliphatic heterocycles. The zero-order valence-electron chi connectivity index (χ0n) is 9.41. The number of hydrogen-bond acceptors (Lipinski definition) is 1. The van der Waals surface area contributed by atoms with Gasteiger partial charge in [0.05, 0.1) is 0 Å². The number of benzene rings is 2. The average Bonchev–Trinajstić information content (AvgIpc) is 2.31. The molecule has 2 N–H and O–H groups in total. The molecule has 0 heterocycles. The summed E-state index contributed by atoms with van der Waals surface area (Å²) in [5.41, 5.74) is 7.26. The van der Waals surface area contributed by atoms with E-state index in [4.69, 9.17) is 5.73 Å². The van der Waals surface area contributed by atoms with E-state index >= 15 is 0 Å². The quantitative estimate of drug-likeness (QED) is 0.479. The summed E-state index contributed by atoms with van der Waals surface area (Å²) in [6, 6.07) is 20.8. The summed E-state index contributed by atoms with van der Waals surface area (Å²) in [5, 5.41) is 0. The molecule has 0 amide bonds. The predicted molar refractivity (Wildman–Crippen MR) is 77.6 cm³/mol. The van der Waals surface area contributed by atoms with Gasteiger partial charge in [0.2, 0.25) is 0 Å². The molecule has 0 saturated heterocycles. The zero-order valence-corrected chi connectivity index (χ0v) is 14.1. The van der Waals surface area contributed by atoms with Gasteiger partial charge in [-0.2, -0.15) is 0 Å². The van der Waals surface area contributed by atoms with Gasteiger partial charge in [0.25, 0.3) is 0 Å². The van der Waals surface area contributed by atoms with Crippen LogP contribution in [0.15, 0.2) is 60.7 Å². The second kappa shape index (κ2) is 9.35. The molecule has 1 nitrogen and oxygen atoms in total. The largest absolute Gasteiger partial charge is 0.385 e. The van der Waals surface area contributed by atoms with Crippen LogP contribution in [-0.2, 0) is 19.5 Å². The molecule has 0 aromatic heterocycles. The van der Waals surface area contributed by atoms with Crippen molar-refractivity contribution in [3.8, 4) is 11.1 Å². The molecule has 0 aliphatic carbocycles. The van der Waals surface area contributed by atoms with Crippen molar-refractivity contribution in [1.82, 2.24) is 0 Å². The van der Waals surface area contributed by atoms with Crippen molar-refractivity contribution in [2.24, 2.45) is 5.73 Å². The van der Waals surface area contributed by atoms with Crippen LogP contribution in [0.1, 0.15) is 0 Å². The van der Waals surface area contributed by atoms with Crippen molar-refractivity contribution < 1.29 is 19.5 Å². The van der Waals surface area contributed by atoms with E-state index in [2.05, 4.69) is 73.4 Å². The molecular formula is C13H13NS2Zn. The Morgan fingerprint density at radius 2 is 1.06 bits per heavy atom. The van der Waals surface area contributed by atoms with Gasteiger partial charge in [0.1, 0.15) is 4.32 Å². The van der Waals surface area contributed by atoms with Gasteiger partial charge in [-0.15, -0.1) is 12.6 Å². The van der Waals surface area contributed by atoms with Crippen molar-refractivity contribution in [2.45, 2.75) is 0 Å². The molecule has 2 rings (SSSR count).